The molecule has 0 aromatic rings. The highest BCUT2D eigenvalue weighted by atomic mass is 32.1. The van der Waals surface area contributed by atoms with E-state index in [-0.39, 0.29) is 0 Å². The standard InChI is InChI=1S/C15H28P3/c1-13(2,3)10-16-11(14(4,5)6)18(10)12(17-18)15(7,8)9/h10H,1-9H3/q+1. The molecule has 0 aromatic heterocycles. The molecular formula is C15H28P3+. The minimum absolute atomic E-state index is 0.414. The summed E-state index contributed by atoms with van der Waals surface area (Å²) in [5.74, 6) is 0. The fraction of sp³-hybridized carbons (Fsp3) is 0.867. The maximum Gasteiger partial charge on any atom is 0.153 e. The molecule has 0 aliphatic carbocycles. The van der Waals surface area contributed by atoms with Crippen molar-refractivity contribution in [3.8, 4) is 0 Å². The Balaban J connectivity index is 2.38. The van der Waals surface area contributed by atoms with Crippen molar-refractivity contribution in [3.05, 3.63) is 0 Å². The summed E-state index contributed by atoms with van der Waals surface area (Å²) in [6, 6.07) is 0. The highest BCUT2D eigenvalue weighted by Crippen LogP contribution is 3.01. The molecule has 2 heterocycles. The van der Waals surface area contributed by atoms with Crippen LogP contribution in [0.15, 0.2) is 0 Å². The molecule has 0 saturated carbocycles. The highest BCUT2D eigenvalue weighted by Gasteiger charge is 2.76. The zero-order valence-electron chi connectivity index (χ0n) is 13.4. The molecule has 2 rings (SSSR count). The van der Waals surface area contributed by atoms with Crippen molar-refractivity contribution >= 4 is 33.1 Å². The fourth-order valence-corrected chi connectivity index (χ4v) is 20.0. The van der Waals surface area contributed by atoms with E-state index in [0.29, 0.717) is 16.2 Å². The van der Waals surface area contributed by atoms with Crippen LogP contribution >= 0.6 is 23.0 Å². The summed E-state index contributed by atoms with van der Waals surface area (Å²) in [7, 11) is 3.41. The van der Waals surface area contributed by atoms with E-state index in [0.717, 1.165) is 5.40 Å². The lowest BCUT2D eigenvalue weighted by Gasteiger charge is -2.42. The lowest BCUT2D eigenvalue weighted by Crippen LogP contribution is -2.38. The van der Waals surface area contributed by atoms with Crippen LogP contribution in [0.1, 0.15) is 62.3 Å². The van der Waals surface area contributed by atoms with Gasteiger partial charge in [-0.3, -0.25) is 0 Å². The average molecular weight is 301 g/mol. The predicted molar refractivity (Wildman–Crippen MR) is 92.9 cm³/mol. The Bertz CT molecular complexity index is 438. The van der Waals surface area contributed by atoms with E-state index in [1.54, 1.807) is 16.1 Å². The minimum atomic E-state index is -0.868. The quantitative estimate of drug-likeness (QED) is 0.444. The van der Waals surface area contributed by atoms with Gasteiger partial charge in [0.1, 0.15) is 25.3 Å². The van der Waals surface area contributed by atoms with Crippen molar-refractivity contribution in [1.29, 1.82) is 0 Å². The molecule has 18 heavy (non-hydrogen) atoms. The first kappa shape index (κ1) is 15.2. The minimum Gasteiger partial charge on any atom is -0.0557 e. The molecule has 2 aliphatic rings. The summed E-state index contributed by atoms with van der Waals surface area (Å²) in [5, 5.41) is 4.75. The van der Waals surface area contributed by atoms with Gasteiger partial charge in [0.25, 0.3) is 0 Å². The lowest BCUT2D eigenvalue weighted by molar-refractivity contribution is 0.453. The molecule has 0 fully saturated rings. The van der Waals surface area contributed by atoms with Crippen LogP contribution in [-0.4, -0.2) is 15.5 Å². The molecule has 0 N–H and O–H groups in total. The Kier molecular flexibility index (Phi) is 3.29. The third-order valence-corrected chi connectivity index (χ3v) is 18.2. The van der Waals surface area contributed by atoms with Gasteiger partial charge < -0.3 is 0 Å². The van der Waals surface area contributed by atoms with Gasteiger partial charge in [0, 0.05) is 16.2 Å². The van der Waals surface area contributed by atoms with Crippen molar-refractivity contribution in [2.75, 3.05) is 0 Å². The second-order valence-electron chi connectivity index (χ2n) is 8.80. The first-order valence-corrected chi connectivity index (χ1v) is 11.3. The van der Waals surface area contributed by atoms with Crippen LogP contribution in [0.5, 0.6) is 0 Å². The highest BCUT2D eigenvalue weighted by molar-refractivity contribution is 8.67. The van der Waals surface area contributed by atoms with Gasteiger partial charge in [-0.1, -0.05) is 62.3 Å². The fourth-order valence-electron chi connectivity index (χ4n) is 2.91. The van der Waals surface area contributed by atoms with E-state index in [1.807, 2.05) is 10.1 Å². The van der Waals surface area contributed by atoms with Gasteiger partial charge in [-0.2, -0.15) is 0 Å². The van der Waals surface area contributed by atoms with E-state index in [4.69, 9.17) is 0 Å². The topological polar surface area (TPSA) is 0 Å². The van der Waals surface area contributed by atoms with Crippen LogP contribution in [0.25, 0.3) is 0 Å². The van der Waals surface area contributed by atoms with Gasteiger partial charge in [0.15, 0.2) is 5.03 Å². The van der Waals surface area contributed by atoms with Crippen LogP contribution in [0.2, 0.25) is 0 Å². The SMILES string of the molecule is CC(C)(C)C1=PC(C(C)(C)C)[P+]12P=C2C(C)(C)C. The Hall–Kier alpha value is 0.770. The molecule has 0 nitrogen and oxygen atoms in total. The molecule has 0 saturated heterocycles. The average Bonchev–Trinajstić information content (AvgIpc) is 2.69. The Morgan fingerprint density at radius 3 is 1.50 bits per heavy atom. The molecular weight excluding hydrogens is 273 g/mol. The van der Waals surface area contributed by atoms with Crippen molar-refractivity contribution in [1.82, 2.24) is 0 Å². The Morgan fingerprint density at radius 2 is 1.22 bits per heavy atom. The third-order valence-electron chi connectivity index (χ3n) is 3.57. The first-order valence-electron chi connectivity index (χ1n) is 6.90. The van der Waals surface area contributed by atoms with Crippen molar-refractivity contribution < 1.29 is 0 Å². The molecule has 2 aliphatic heterocycles. The molecule has 0 amide bonds. The summed E-state index contributed by atoms with van der Waals surface area (Å²) in [6.45, 7) is 21.0. The molecule has 3 heteroatoms. The summed E-state index contributed by atoms with van der Waals surface area (Å²) in [5.41, 5.74) is 1.31. The van der Waals surface area contributed by atoms with E-state index < -0.39 is 6.95 Å². The van der Waals surface area contributed by atoms with Gasteiger partial charge in [0.05, 0.1) is 0 Å². The number of hydrogen-bond donors (Lipinski definition) is 0. The Labute approximate surface area is 117 Å². The zero-order valence-corrected chi connectivity index (χ0v) is 16.1. The summed E-state index contributed by atoms with van der Waals surface area (Å²) < 4.78 is 0. The zero-order chi connectivity index (χ0) is 14.1. The van der Waals surface area contributed by atoms with Gasteiger partial charge in [0.2, 0.25) is 0 Å². The van der Waals surface area contributed by atoms with Gasteiger partial charge in [-0.05, 0) is 8.20 Å². The second-order valence-corrected chi connectivity index (χ2v) is 17.1. The van der Waals surface area contributed by atoms with Gasteiger partial charge in [-0.15, -0.1) is 0 Å². The molecule has 0 aromatic carbocycles. The van der Waals surface area contributed by atoms with Crippen LogP contribution in [-0.2, 0) is 0 Å². The van der Waals surface area contributed by atoms with Crippen LogP contribution < -0.4 is 0 Å². The normalized spacial score (nSPS) is 33.7. The van der Waals surface area contributed by atoms with Gasteiger partial charge in [-0.25, -0.2) is 0 Å². The van der Waals surface area contributed by atoms with Crippen molar-refractivity contribution in [3.63, 3.8) is 0 Å². The van der Waals surface area contributed by atoms with Crippen LogP contribution in [0.3, 0.4) is 0 Å². The molecule has 102 valence electrons. The molecule has 0 radical (unpaired) electrons. The van der Waals surface area contributed by atoms with Crippen molar-refractivity contribution in [2.45, 2.75) is 67.7 Å². The number of rotatable bonds is 0. The molecule has 2 unspecified atom stereocenters. The monoisotopic (exact) mass is 301 g/mol. The number of hydrogen-bond acceptors (Lipinski definition) is 0. The maximum atomic E-state index is 2.44. The maximum absolute atomic E-state index is 2.44. The second kappa shape index (κ2) is 3.91. The van der Waals surface area contributed by atoms with Crippen LogP contribution in [0.4, 0.5) is 0 Å². The Morgan fingerprint density at radius 1 is 0.778 bits per heavy atom. The molecule has 0 bridgehead atoms. The van der Waals surface area contributed by atoms with Crippen LogP contribution in [0, 0.1) is 16.2 Å². The lowest BCUT2D eigenvalue weighted by atomic mass is 9.99. The summed E-state index contributed by atoms with van der Waals surface area (Å²) in [6.07, 6.45) is 0. The molecule has 1 spiro atoms. The van der Waals surface area contributed by atoms with E-state index in [9.17, 15) is 0 Å². The molecule has 2 atom stereocenters. The third kappa shape index (κ3) is 2.18. The van der Waals surface area contributed by atoms with E-state index in [2.05, 4.69) is 62.3 Å². The van der Waals surface area contributed by atoms with Crippen molar-refractivity contribution in [2.24, 2.45) is 16.2 Å². The van der Waals surface area contributed by atoms with Gasteiger partial charge >= 0.3 is 0 Å². The summed E-state index contributed by atoms with van der Waals surface area (Å²) in [4.78, 5) is 0. The summed E-state index contributed by atoms with van der Waals surface area (Å²) >= 11 is 0. The van der Waals surface area contributed by atoms with E-state index >= 15 is 0 Å². The largest absolute Gasteiger partial charge is 0.153 e. The first-order chi connectivity index (χ1) is 7.81. The smallest absolute Gasteiger partial charge is 0.0557 e. The van der Waals surface area contributed by atoms with E-state index in [1.165, 1.54) is 0 Å². The predicted octanol–water partition coefficient (Wildman–Crippen LogP) is 6.56.